The molecule has 4 aromatic rings. The van der Waals surface area contributed by atoms with Gasteiger partial charge in [0.05, 0.1) is 17.1 Å². The van der Waals surface area contributed by atoms with Gasteiger partial charge in [-0.3, -0.25) is 9.48 Å². The maximum Gasteiger partial charge on any atom is 0.416 e. The van der Waals surface area contributed by atoms with Crippen LogP contribution in [0.1, 0.15) is 27.3 Å². The van der Waals surface area contributed by atoms with Crippen molar-refractivity contribution >= 4 is 34.9 Å². The van der Waals surface area contributed by atoms with Crippen molar-refractivity contribution in [2.75, 3.05) is 5.32 Å². The Balaban J connectivity index is 1.38. The summed E-state index contributed by atoms with van der Waals surface area (Å²) >= 11 is 11.9. The van der Waals surface area contributed by atoms with E-state index in [0.29, 0.717) is 27.1 Å². The first-order valence-electron chi connectivity index (χ1n) is 10.2. The van der Waals surface area contributed by atoms with Gasteiger partial charge >= 0.3 is 6.18 Å². The van der Waals surface area contributed by atoms with Crippen molar-refractivity contribution in [3.63, 3.8) is 0 Å². The molecule has 1 N–H and O–H groups in total. The largest absolute Gasteiger partial charge is 0.470 e. The number of aryl methyl sites for hydroxylation is 1. The van der Waals surface area contributed by atoms with Crippen molar-refractivity contribution in [1.82, 2.24) is 19.6 Å². The number of aromatic nitrogens is 4. The average molecular weight is 524 g/mol. The predicted molar refractivity (Wildman–Crippen MR) is 125 cm³/mol. The van der Waals surface area contributed by atoms with E-state index in [4.69, 9.17) is 27.9 Å². The smallest absolute Gasteiger partial charge is 0.416 e. The van der Waals surface area contributed by atoms with E-state index in [2.05, 4.69) is 15.5 Å². The van der Waals surface area contributed by atoms with Crippen LogP contribution in [0.3, 0.4) is 0 Å². The van der Waals surface area contributed by atoms with Crippen molar-refractivity contribution in [1.29, 1.82) is 0 Å². The molecule has 2 aromatic heterocycles. The lowest BCUT2D eigenvalue weighted by molar-refractivity contribution is -0.137. The molecule has 2 aromatic carbocycles. The maximum atomic E-state index is 13.0. The number of halogens is 5. The molecule has 2 heterocycles. The van der Waals surface area contributed by atoms with E-state index in [9.17, 15) is 18.0 Å². The topological polar surface area (TPSA) is 74.0 Å². The monoisotopic (exact) mass is 523 g/mol. The van der Waals surface area contributed by atoms with E-state index >= 15 is 0 Å². The summed E-state index contributed by atoms with van der Waals surface area (Å²) in [7, 11) is 0. The minimum atomic E-state index is -4.43. The molecule has 0 saturated heterocycles. The summed E-state index contributed by atoms with van der Waals surface area (Å²) < 4.78 is 47.4. The first kappa shape index (κ1) is 24.6. The lowest BCUT2D eigenvalue weighted by Gasteiger charge is -2.09. The van der Waals surface area contributed by atoms with Crippen LogP contribution in [-0.4, -0.2) is 25.5 Å². The summed E-state index contributed by atoms with van der Waals surface area (Å²) in [5, 5.41) is 11.9. The summed E-state index contributed by atoms with van der Waals surface area (Å²) in [6, 6.07) is 13.0. The Morgan fingerprint density at radius 1 is 1.09 bits per heavy atom. The van der Waals surface area contributed by atoms with Crippen LogP contribution in [0.4, 0.5) is 19.0 Å². The molecule has 35 heavy (non-hydrogen) atoms. The number of nitrogens with one attached hydrogen (secondary N) is 1. The van der Waals surface area contributed by atoms with Gasteiger partial charge in [-0.1, -0.05) is 35.3 Å². The predicted octanol–water partition coefficient (Wildman–Crippen LogP) is 6.05. The molecule has 0 aliphatic carbocycles. The number of hydrogen-bond acceptors (Lipinski definition) is 4. The fraction of sp³-hybridized carbons (Fsp3) is 0.174. The molecule has 0 saturated carbocycles. The second-order valence-electron chi connectivity index (χ2n) is 7.57. The molecule has 0 bridgehead atoms. The second kappa shape index (κ2) is 10.0. The van der Waals surface area contributed by atoms with Crippen LogP contribution < -0.4 is 10.1 Å². The van der Waals surface area contributed by atoms with Gasteiger partial charge in [0.1, 0.15) is 5.75 Å². The summed E-state index contributed by atoms with van der Waals surface area (Å²) in [6.45, 7) is 1.87. The number of rotatable bonds is 7. The van der Waals surface area contributed by atoms with Crippen LogP contribution in [0, 0.1) is 6.92 Å². The van der Waals surface area contributed by atoms with Gasteiger partial charge in [-0.2, -0.15) is 23.4 Å². The molecule has 0 radical (unpaired) electrons. The summed E-state index contributed by atoms with van der Waals surface area (Å²) in [5.74, 6) is 0.162. The Kier molecular flexibility index (Phi) is 7.04. The molecular formula is C23H18Cl2F3N5O2. The third-order valence-electron chi connectivity index (χ3n) is 4.93. The van der Waals surface area contributed by atoms with E-state index in [-0.39, 0.29) is 24.8 Å². The van der Waals surface area contributed by atoms with Gasteiger partial charge in [-0.15, -0.1) is 0 Å². The molecule has 1 amide bonds. The zero-order chi connectivity index (χ0) is 25.2. The fourth-order valence-electron chi connectivity index (χ4n) is 3.21. The SMILES string of the molecule is Cc1cc(NC(=O)c2ccn(COc3ccc(Cl)cc3Cl)n2)nn1Cc1cccc(C(F)(F)F)c1. The quantitative estimate of drug-likeness (QED) is 0.320. The van der Waals surface area contributed by atoms with Crippen molar-refractivity contribution in [3.8, 4) is 5.75 Å². The van der Waals surface area contributed by atoms with E-state index in [1.807, 2.05) is 0 Å². The Morgan fingerprint density at radius 2 is 1.89 bits per heavy atom. The first-order chi connectivity index (χ1) is 16.6. The van der Waals surface area contributed by atoms with Crippen LogP contribution in [0.5, 0.6) is 5.75 Å². The van der Waals surface area contributed by atoms with Gasteiger partial charge < -0.3 is 10.1 Å². The van der Waals surface area contributed by atoms with Gasteiger partial charge in [0.25, 0.3) is 5.91 Å². The van der Waals surface area contributed by atoms with Gasteiger partial charge in [-0.05, 0) is 48.9 Å². The van der Waals surface area contributed by atoms with Crippen molar-refractivity contribution in [3.05, 3.63) is 93.4 Å². The number of carbonyl (C=O) groups is 1. The van der Waals surface area contributed by atoms with Gasteiger partial charge in [0.15, 0.2) is 18.2 Å². The molecule has 0 unspecified atom stereocenters. The van der Waals surface area contributed by atoms with Gasteiger partial charge in [-0.25, -0.2) is 4.68 Å². The van der Waals surface area contributed by atoms with Crippen molar-refractivity contribution in [2.45, 2.75) is 26.4 Å². The maximum absolute atomic E-state index is 13.0. The number of hydrogen-bond donors (Lipinski definition) is 1. The standard InChI is InChI=1S/C23H18Cl2F3N5O2/c1-14-9-21(31-33(14)12-15-3-2-4-16(10-15)23(26,27)28)29-22(34)19-7-8-32(30-19)13-35-20-6-5-17(24)11-18(20)25/h2-11H,12-13H2,1H3,(H,29,31,34). The number of carbonyl (C=O) groups excluding carboxylic acids is 1. The molecule has 0 atom stereocenters. The molecule has 0 aliphatic rings. The highest BCUT2D eigenvalue weighted by Gasteiger charge is 2.30. The summed E-state index contributed by atoms with van der Waals surface area (Å²) in [6.07, 6.45) is -2.86. The zero-order valence-electron chi connectivity index (χ0n) is 18.2. The van der Waals surface area contributed by atoms with Crippen molar-refractivity contribution in [2.24, 2.45) is 0 Å². The molecule has 182 valence electrons. The molecule has 4 rings (SSSR count). The number of amides is 1. The Labute approximate surface area is 208 Å². The highest BCUT2D eigenvalue weighted by Crippen LogP contribution is 2.30. The van der Waals surface area contributed by atoms with E-state index in [1.54, 1.807) is 43.5 Å². The third kappa shape index (κ3) is 6.14. The Bertz CT molecular complexity index is 1370. The Hall–Kier alpha value is -3.50. The van der Waals surface area contributed by atoms with Crippen molar-refractivity contribution < 1.29 is 22.7 Å². The van der Waals surface area contributed by atoms with Crippen LogP contribution in [-0.2, 0) is 19.5 Å². The van der Waals surface area contributed by atoms with Crippen LogP contribution in [0.15, 0.2) is 60.8 Å². The number of anilines is 1. The normalized spacial score (nSPS) is 11.5. The molecule has 0 aliphatic heterocycles. The summed E-state index contributed by atoms with van der Waals surface area (Å²) in [5.41, 5.74) is 0.493. The van der Waals surface area contributed by atoms with E-state index < -0.39 is 17.6 Å². The van der Waals surface area contributed by atoms with Crippen LogP contribution in [0.25, 0.3) is 0 Å². The minimum Gasteiger partial charge on any atom is -0.470 e. The molecule has 12 heteroatoms. The molecule has 7 nitrogen and oxygen atoms in total. The van der Waals surface area contributed by atoms with Gasteiger partial charge in [0.2, 0.25) is 0 Å². The van der Waals surface area contributed by atoms with Crippen LogP contribution in [0.2, 0.25) is 10.0 Å². The molecule has 0 spiro atoms. The molecule has 0 fully saturated rings. The second-order valence-corrected chi connectivity index (χ2v) is 8.41. The highest BCUT2D eigenvalue weighted by molar-refractivity contribution is 6.35. The number of ether oxygens (including phenoxy) is 1. The first-order valence-corrected chi connectivity index (χ1v) is 11.0. The van der Waals surface area contributed by atoms with E-state index in [0.717, 1.165) is 12.1 Å². The summed E-state index contributed by atoms with van der Waals surface area (Å²) in [4.78, 5) is 12.6. The minimum absolute atomic E-state index is 0.0133. The fourth-order valence-corrected chi connectivity index (χ4v) is 3.68. The van der Waals surface area contributed by atoms with E-state index in [1.165, 1.54) is 21.5 Å². The highest BCUT2D eigenvalue weighted by atomic mass is 35.5. The lowest BCUT2D eigenvalue weighted by atomic mass is 10.1. The lowest BCUT2D eigenvalue weighted by Crippen LogP contribution is -2.15. The van der Waals surface area contributed by atoms with Crippen LogP contribution >= 0.6 is 23.2 Å². The van der Waals surface area contributed by atoms with Gasteiger partial charge in [0, 0.05) is 23.0 Å². The number of nitrogens with zero attached hydrogens (tertiary/aromatic N) is 4. The number of benzene rings is 2. The average Bonchev–Trinajstić information content (AvgIpc) is 3.39. The zero-order valence-corrected chi connectivity index (χ0v) is 19.7. The third-order valence-corrected chi connectivity index (χ3v) is 5.46. The molecular weight excluding hydrogens is 506 g/mol. The Morgan fingerprint density at radius 3 is 2.63 bits per heavy atom. The number of alkyl halides is 3.